The molecule has 2 aliphatic rings. The Bertz CT molecular complexity index is 1110. The lowest BCUT2D eigenvalue weighted by Crippen LogP contribution is -2.00. The summed E-state index contributed by atoms with van der Waals surface area (Å²) in [4.78, 5) is 0. The Hall–Kier alpha value is -3.14. The molecule has 4 rings (SSSR count). The van der Waals surface area contributed by atoms with Gasteiger partial charge in [0.1, 0.15) is 17.2 Å². The molecule has 0 atom stereocenters. The Labute approximate surface area is 138 Å². The first-order chi connectivity index (χ1) is 11.5. The van der Waals surface area contributed by atoms with Gasteiger partial charge in [-0.1, -0.05) is 6.07 Å². The van der Waals surface area contributed by atoms with Crippen LogP contribution >= 0.6 is 0 Å². The highest BCUT2D eigenvalue weighted by Gasteiger charge is 2.17. The number of halogens is 1. The molecule has 0 aromatic heterocycles. The molecule has 2 aromatic rings. The van der Waals surface area contributed by atoms with E-state index >= 15 is 0 Å². The van der Waals surface area contributed by atoms with Gasteiger partial charge >= 0.3 is 0 Å². The van der Waals surface area contributed by atoms with E-state index in [4.69, 9.17) is 15.6 Å². The average molecular weight is 318 g/mol. The maximum absolute atomic E-state index is 13.7. The summed E-state index contributed by atoms with van der Waals surface area (Å²) in [6.07, 6.45) is 0. The number of nitrogens with two attached hydrogens (primary N) is 1. The van der Waals surface area contributed by atoms with Crippen LogP contribution in [0, 0.1) is 18.2 Å². The van der Waals surface area contributed by atoms with E-state index in [0.29, 0.717) is 28.0 Å². The summed E-state index contributed by atoms with van der Waals surface area (Å²) in [6.45, 7) is 1.75. The lowest BCUT2D eigenvalue weighted by Gasteiger charge is -2.16. The van der Waals surface area contributed by atoms with Gasteiger partial charge in [0.15, 0.2) is 0 Å². The van der Waals surface area contributed by atoms with Crippen molar-refractivity contribution in [2.24, 2.45) is 0 Å². The summed E-state index contributed by atoms with van der Waals surface area (Å²) in [5.74, 6) is 0.378. The van der Waals surface area contributed by atoms with Crippen LogP contribution in [0.4, 0.5) is 10.1 Å². The van der Waals surface area contributed by atoms with E-state index in [2.05, 4.69) is 0 Å². The van der Waals surface area contributed by atoms with Crippen LogP contribution < -0.4 is 11.1 Å². The van der Waals surface area contributed by atoms with Crippen molar-refractivity contribution in [2.75, 3.05) is 5.73 Å². The van der Waals surface area contributed by atoms with Crippen LogP contribution in [-0.2, 0) is 0 Å². The number of benzene rings is 3. The molecule has 1 aliphatic heterocycles. The number of aryl methyl sites for hydroxylation is 1. The van der Waals surface area contributed by atoms with Gasteiger partial charge in [-0.2, -0.15) is 0 Å². The smallest absolute Gasteiger partial charge is 0.137 e. The van der Waals surface area contributed by atoms with Gasteiger partial charge in [0.2, 0.25) is 0 Å². The van der Waals surface area contributed by atoms with Crippen molar-refractivity contribution in [2.45, 2.75) is 6.92 Å². The van der Waals surface area contributed by atoms with Crippen LogP contribution in [0.25, 0.3) is 33.4 Å². The van der Waals surface area contributed by atoms with Crippen LogP contribution in [0.1, 0.15) is 5.56 Å². The number of rotatable bonds is 1. The molecule has 3 N–H and O–H groups in total. The molecule has 0 bridgehead atoms. The third-order valence-corrected chi connectivity index (χ3v) is 4.19. The SMILES string of the molecule is Cc1cc(-c2c3ccc(=N)cc-3oc3cc(N)ccc23)ccc1F. The van der Waals surface area contributed by atoms with Crippen molar-refractivity contribution in [3.8, 4) is 22.5 Å². The number of fused-ring (bicyclic) bond motifs is 2. The van der Waals surface area contributed by atoms with E-state index in [1.807, 2.05) is 24.3 Å². The second kappa shape index (κ2) is 5.20. The molecule has 2 aromatic carbocycles. The largest absolute Gasteiger partial charge is 0.456 e. The molecule has 0 saturated carbocycles. The summed E-state index contributed by atoms with van der Waals surface area (Å²) < 4.78 is 19.6. The van der Waals surface area contributed by atoms with E-state index in [1.165, 1.54) is 6.07 Å². The highest BCUT2D eigenvalue weighted by molar-refractivity contribution is 6.02. The van der Waals surface area contributed by atoms with Crippen LogP contribution in [0.3, 0.4) is 0 Å². The number of nitrogen functional groups attached to an aromatic ring is 1. The van der Waals surface area contributed by atoms with Crippen molar-refractivity contribution < 1.29 is 8.81 Å². The fraction of sp³-hybridized carbons (Fsp3) is 0.0500. The molecule has 4 heteroatoms. The quantitative estimate of drug-likeness (QED) is 0.394. The molecule has 0 unspecified atom stereocenters. The Morgan fingerprint density at radius 1 is 1.00 bits per heavy atom. The Morgan fingerprint density at radius 2 is 1.83 bits per heavy atom. The zero-order chi connectivity index (χ0) is 16.8. The summed E-state index contributed by atoms with van der Waals surface area (Å²) in [5.41, 5.74) is 10.5. The first-order valence-electron chi connectivity index (χ1n) is 7.60. The number of nitrogens with one attached hydrogen (secondary N) is 1. The summed E-state index contributed by atoms with van der Waals surface area (Å²) in [5, 5.41) is 9.10. The van der Waals surface area contributed by atoms with Gasteiger partial charge in [0.05, 0.1) is 5.36 Å². The molecule has 24 heavy (non-hydrogen) atoms. The lowest BCUT2D eigenvalue weighted by atomic mass is 9.93. The van der Waals surface area contributed by atoms with Gasteiger partial charge in [-0.25, -0.2) is 4.39 Å². The van der Waals surface area contributed by atoms with E-state index in [1.54, 1.807) is 31.2 Å². The van der Waals surface area contributed by atoms with Crippen LogP contribution in [0.15, 0.2) is 59.0 Å². The molecular weight excluding hydrogens is 303 g/mol. The predicted octanol–water partition coefficient (Wildman–Crippen LogP) is 4.71. The first kappa shape index (κ1) is 14.5. The number of hydrogen-bond donors (Lipinski definition) is 2. The topological polar surface area (TPSA) is 63.0 Å². The van der Waals surface area contributed by atoms with Crippen LogP contribution in [0.2, 0.25) is 0 Å². The van der Waals surface area contributed by atoms with E-state index in [-0.39, 0.29) is 5.82 Å². The molecule has 0 saturated heterocycles. The third kappa shape index (κ3) is 2.24. The second-order valence-corrected chi connectivity index (χ2v) is 5.91. The summed E-state index contributed by atoms with van der Waals surface area (Å²) in [6, 6.07) is 15.8. The zero-order valence-corrected chi connectivity index (χ0v) is 13.1. The van der Waals surface area contributed by atoms with Gasteiger partial charge in [0, 0.05) is 34.3 Å². The molecule has 3 nitrogen and oxygen atoms in total. The van der Waals surface area contributed by atoms with Crippen molar-refractivity contribution in [3.05, 3.63) is 71.3 Å². The molecule has 0 amide bonds. The molecule has 1 aliphatic carbocycles. The fourth-order valence-electron chi connectivity index (χ4n) is 3.02. The van der Waals surface area contributed by atoms with E-state index < -0.39 is 0 Å². The maximum Gasteiger partial charge on any atom is 0.137 e. The summed E-state index contributed by atoms with van der Waals surface area (Å²) >= 11 is 0. The normalized spacial score (nSPS) is 11.2. The van der Waals surface area contributed by atoms with Gasteiger partial charge < -0.3 is 15.6 Å². The van der Waals surface area contributed by atoms with Crippen LogP contribution in [-0.4, -0.2) is 0 Å². The minimum Gasteiger partial charge on any atom is -0.456 e. The molecule has 0 radical (unpaired) electrons. The Kier molecular flexibility index (Phi) is 3.13. The average Bonchev–Trinajstić information content (AvgIpc) is 2.55. The maximum atomic E-state index is 13.7. The Balaban J connectivity index is 2.18. The van der Waals surface area contributed by atoms with E-state index in [0.717, 1.165) is 22.1 Å². The molecule has 0 spiro atoms. The monoisotopic (exact) mass is 318 g/mol. The minimum absolute atomic E-state index is 0.231. The highest BCUT2D eigenvalue weighted by atomic mass is 19.1. The molecule has 118 valence electrons. The standard InChI is InChI=1S/C20H15FN2O/c1-11-8-12(2-7-17(11)21)20-15-5-3-13(22)9-18(15)24-19-10-14(23)4-6-16(19)20/h2-10,22H,23H2,1H3. The van der Waals surface area contributed by atoms with Gasteiger partial charge in [0.25, 0.3) is 0 Å². The molecule has 1 heterocycles. The van der Waals surface area contributed by atoms with Crippen molar-refractivity contribution in [1.29, 1.82) is 5.41 Å². The Morgan fingerprint density at radius 3 is 2.62 bits per heavy atom. The lowest BCUT2D eigenvalue weighted by molar-refractivity contribution is 0.618. The highest BCUT2D eigenvalue weighted by Crippen LogP contribution is 2.40. The van der Waals surface area contributed by atoms with Crippen molar-refractivity contribution in [1.82, 2.24) is 0 Å². The zero-order valence-electron chi connectivity index (χ0n) is 13.1. The second-order valence-electron chi connectivity index (χ2n) is 5.91. The van der Waals surface area contributed by atoms with Gasteiger partial charge in [-0.05, 0) is 54.4 Å². The first-order valence-corrected chi connectivity index (χ1v) is 7.60. The fourth-order valence-corrected chi connectivity index (χ4v) is 3.02. The minimum atomic E-state index is -0.231. The molecule has 0 fully saturated rings. The third-order valence-electron chi connectivity index (χ3n) is 4.19. The van der Waals surface area contributed by atoms with Crippen molar-refractivity contribution >= 4 is 16.7 Å². The van der Waals surface area contributed by atoms with E-state index in [9.17, 15) is 4.39 Å². The van der Waals surface area contributed by atoms with Gasteiger partial charge in [-0.3, -0.25) is 0 Å². The summed E-state index contributed by atoms with van der Waals surface area (Å²) in [7, 11) is 0. The van der Waals surface area contributed by atoms with Crippen LogP contribution in [0.5, 0.6) is 0 Å². The number of hydrogen-bond acceptors (Lipinski definition) is 3. The molecular formula is C20H15FN2O. The number of anilines is 1. The van der Waals surface area contributed by atoms with Crippen molar-refractivity contribution in [3.63, 3.8) is 0 Å². The predicted molar refractivity (Wildman–Crippen MR) is 93.2 cm³/mol. The van der Waals surface area contributed by atoms with Gasteiger partial charge in [-0.15, -0.1) is 0 Å².